The van der Waals surface area contributed by atoms with E-state index < -0.39 is 24.3 Å². The third-order valence-corrected chi connectivity index (χ3v) is 7.90. The summed E-state index contributed by atoms with van der Waals surface area (Å²) < 4.78 is 22.4. The van der Waals surface area contributed by atoms with Gasteiger partial charge in [0.25, 0.3) is 0 Å². The van der Waals surface area contributed by atoms with Crippen molar-refractivity contribution in [3.63, 3.8) is 0 Å². The Bertz CT molecular complexity index is 851. The molecule has 0 aromatic heterocycles. The molecule has 0 aliphatic carbocycles. The van der Waals surface area contributed by atoms with Gasteiger partial charge in [0.05, 0.1) is 40.3 Å². The minimum atomic E-state index is -1.62. The Morgan fingerprint density at radius 3 is 1.62 bits per heavy atom. The average molecular weight is 682 g/mol. The van der Waals surface area contributed by atoms with Gasteiger partial charge in [-0.25, -0.2) is 0 Å². The molecule has 0 fully saturated rings. The lowest BCUT2D eigenvalue weighted by atomic mass is 10.1. The van der Waals surface area contributed by atoms with Gasteiger partial charge in [0.2, 0.25) is 0 Å². The van der Waals surface area contributed by atoms with Gasteiger partial charge in [-0.2, -0.15) is 0 Å². The quantitative estimate of drug-likeness (QED) is 0.0225. The van der Waals surface area contributed by atoms with Crippen LogP contribution >= 0.6 is 0 Å². The number of aliphatic carboxylic acids is 1. The highest BCUT2D eigenvalue weighted by Gasteiger charge is 2.21. The monoisotopic (exact) mass is 682 g/mol. The third-order valence-electron chi connectivity index (χ3n) is 7.90. The number of unbranched alkanes of at least 4 members (excludes halogenated alkanes) is 15. The van der Waals surface area contributed by atoms with Crippen molar-refractivity contribution < 1.29 is 42.9 Å². The summed E-state index contributed by atoms with van der Waals surface area (Å²) in [5, 5.41) is 11.6. The molecule has 48 heavy (non-hydrogen) atoms. The van der Waals surface area contributed by atoms with Gasteiger partial charge < -0.3 is 33.3 Å². The summed E-state index contributed by atoms with van der Waals surface area (Å²) in [5.74, 6) is -2.32. The Labute approximate surface area is 293 Å². The number of quaternary nitrogens is 1. The van der Waals surface area contributed by atoms with Crippen molar-refractivity contribution in [1.82, 2.24) is 0 Å². The molecule has 0 aromatic rings. The second kappa shape index (κ2) is 32.0. The molecule has 2 unspecified atom stereocenters. The zero-order valence-corrected chi connectivity index (χ0v) is 31.4. The minimum absolute atomic E-state index is 0.145. The summed E-state index contributed by atoms with van der Waals surface area (Å²) in [6, 6.07) is 0. The summed E-state index contributed by atoms with van der Waals surface area (Å²) in [6.07, 6.45) is 27.8. The van der Waals surface area contributed by atoms with Crippen LogP contribution in [0.2, 0.25) is 0 Å². The highest BCUT2D eigenvalue weighted by Crippen LogP contribution is 2.12. The van der Waals surface area contributed by atoms with Gasteiger partial charge in [0, 0.05) is 12.8 Å². The van der Waals surface area contributed by atoms with Crippen molar-refractivity contribution in [1.29, 1.82) is 0 Å². The Hall–Kier alpha value is -2.23. The highest BCUT2D eigenvalue weighted by atomic mass is 16.7. The number of carbonyl (C=O) groups excluding carboxylic acids is 3. The van der Waals surface area contributed by atoms with Crippen molar-refractivity contribution in [2.24, 2.45) is 0 Å². The molecule has 0 radical (unpaired) electrons. The number of rotatable bonds is 34. The first-order chi connectivity index (χ1) is 23.1. The van der Waals surface area contributed by atoms with Crippen molar-refractivity contribution in [2.45, 2.75) is 161 Å². The lowest BCUT2D eigenvalue weighted by Gasteiger charge is -2.26. The van der Waals surface area contributed by atoms with Crippen LogP contribution in [-0.4, -0.2) is 82.3 Å². The predicted molar refractivity (Wildman–Crippen MR) is 191 cm³/mol. The first-order valence-corrected chi connectivity index (χ1v) is 19.0. The fourth-order valence-corrected chi connectivity index (χ4v) is 4.88. The Morgan fingerprint density at radius 2 is 1.10 bits per heavy atom. The van der Waals surface area contributed by atoms with Crippen LogP contribution in [0.15, 0.2) is 24.3 Å². The van der Waals surface area contributed by atoms with Crippen molar-refractivity contribution in [3.05, 3.63) is 24.3 Å². The molecule has 0 amide bonds. The number of esters is 2. The Balaban J connectivity index is 4.57. The number of nitrogens with zero attached hydrogens (tertiary/aromatic N) is 1. The number of carbonyl (C=O) groups is 3. The van der Waals surface area contributed by atoms with Gasteiger partial charge in [-0.3, -0.25) is 9.59 Å². The molecule has 0 rings (SSSR count). The maximum absolute atomic E-state index is 12.6. The second-order valence-electron chi connectivity index (χ2n) is 13.9. The number of hydrogen-bond acceptors (Lipinski definition) is 8. The summed E-state index contributed by atoms with van der Waals surface area (Å²) in [7, 11) is 5.89. The summed E-state index contributed by atoms with van der Waals surface area (Å²) in [6.45, 7) is 4.61. The summed E-state index contributed by atoms with van der Waals surface area (Å²) in [5.41, 5.74) is 0. The van der Waals surface area contributed by atoms with Gasteiger partial charge >= 0.3 is 11.9 Å². The molecule has 0 aliphatic heterocycles. The van der Waals surface area contributed by atoms with Crippen LogP contribution in [0.1, 0.15) is 149 Å². The number of carboxylic acids is 1. The molecule has 0 heterocycles. The molecule has 9 nitrogen and oxygen atoms in total. The molecule has 0 saturated heterocycles. The van der Waals surface area contributed by atoms with Crippen LogP contribution in [-0.2, 0) is 33.3 Å². The zero-order chi connectivity index (χ0) is 35.7. The zero-order valence-electron chi connectivity index (χ0n) is 31.4. The van der Waals surface area contributed by atoms with Crippen LogP contribution in [0.4, 0.5) is 0 Å². The van der Waals surface area contributed by atoms with Crippen LogP contribution in [0, 0.1) is 0 Å². The predicted octanol–water partition coefficient (Wildman–Crippen LogP) is 7.60. The van der Waals surface area contributed by atoms with Crippen LogP contribution in [0.3, 0.4) is 0 Å². The van der Waals surface area contributed by atoms with Gasteiger partial charge in [-0.05, 0) is 57.8 Å². The Kier molecular flexibility index (Phi) is 30.5. The SMILES string of the molecule is CCC/C=C\CCCCCCCC(=O)OCC(COC(OCC[N+](C)(C)C)C(=O)[O-])OC(=O)CCCCCCC/C=C\CCCCCC. The lowest BCUT2D eigenvalue weighted by Crippen LogP contribution is -2.44. The van der Waals surface area contributed by atoms with Crippen LogP contribution in [0.5, 0.6) is 0 Å². The minimum Gasteiger partial charge on any atom is -0.545 e. The number of allylic oxidation sites excluding steroid dienone is 4. The van der Waals surface area contributed by atoms with E-state index in [0.29, 0.717) is 17.4 Å². The van der Waals surface area contributed by atoms with Gasteiger partial charge in [0.1, 0.15) is 13.2 Å². The first kappa shape index (κ1) is 45.8. The Morgan fingerprint density at radius 1 is 0.604 bits per heavy atom. The van der Waals surface area contributed by atoms with Crippen molar-refractivity contribution in [3.8, 4) is 0 Å². The molecule has 0 N–H and O–H groups in total. The van der Waals surface area contributed by atoms with E-state index in [9.17, 15) is 19.5 Å². The normalized spacial score (nSPS) is 13.3. The van der Waals surface area contributed by atoms with Crippen LogP contribution in [0.25, 0.3) is 0 Å². The average Bonchev–Trinajstić information content (AvgIpc) is 3.03. The van der Waals surface area contributed by atoms with Gasteiger partial charge in [-0.1, -0.05) is 102 Å². The second-order valence-corrected chi connectivity index (χ2v) is 13.9. The number of ether oxygens (including phenoxy) is 4. The molecule has 0 aliphatic rings. The molecule has 0 bridgehead atoms. The standard InChI is InChI=1S/C39H71NO8/c1-6-8-10-12-14-16-18-19-20-22-24-26-28-30-37(42)48-35(34-47-39(38(43)44)45-32-31-40(3,4)5)33-46-36(41)29-27-25-23-21-17-15-13-11-9-7-2/h11,13,16,18,35,39H,6-10,12,14-15,17,19-34H2,1-5H3/b13-11-,18-16-. The summed E-state index contributed by atoms with van der Waals surface area (Å²) in [4.78, 5) is 36.7. The van der Waals surface area contributed by atoms with Gasteiger partial charge in [-0.15, -0.1) is 0 Å². The molecule has 0 spiro atoms. The van der Waals surface area contributed by atoms with E-state index in [-0.39, 0.29) is 38.6 Å². The van der Waals surface area contributed by atoms with Crippen LogP contribution < -0.4 is 5.11 Å². The smallest absolute Gasteiger partial charge is 0.306 e. The molecule has 280 valence electrons. The topological polar surface area (TPSA) is 111 Å². The third kappa shape index (κ3) is 32.3. The van der Waals surface area contributed by atoms with E-state index in [4.69, 9.17) is 18.9 Å². The number of carboxylic acid groups (broad SMARTS) is 1. The van der Waals surface area contributed by atoms with E-state index in [1.807, 2.05) is 21.1 Å². The molecule has 0 saturated carbocycles. The van der Waals surface area contributed by atoms with E-state index in [1.165, 1.54) is 38.5 Å². The van der Waals surface area contributed by atoms with Crippen molar-refractivity contribution >= 4 is 17.9 Å². The maximum Gasteiger partial charge on any atom is 0.306 e. The van der Waals surface area contributed by atoms with E-state index in [2.05, 4.69) is 38.2 Å². The largest absolute Gasteiger partial charge is 0.545 e. The van der Waals surface area contributed by atoms with Crippen molar-refractivity contribution in [2.75, 3.05) is 47.5 Å². The molecular weight excluding hydrogens is 610 g/mol. The summed E-state index contributed by atoms with van der Waals surface area (Å²) >= 11 is 0. The lowest BCUT2D eigenvalue weighted by molar-refractivity contribution is -0.870. The number of likely N-dealkylation sites (N-methyl/N-ethyl adjacent to an activating group) is 1. The fraction of sp³-hybridized carbons (Fsp3) is 0.821. The maximum atomic E-state index is 12.6. The molecule has 0 aromatic carbocycles. The van der Waals surface area contributed by atoms with Gasteiger partial charge in [0.15, 0.2) is 12.4 Å². The number of hydrogen-bond donors (Lipinski definition) is 0. The first-order valence-electron chi connectivity index (χ1n) is 19.0. The molecular formula is C39H71NO8. The van der Waals surface area contributed by atoms with E-state index >= 15 is 0 Å². The fourth-order valence-electron chi connectivity index (χ4n) is 4.88. The molecule has 2 atom stereocenters. The van der Waals surface area contributed by atoms with E-state index in [0.717, 1.165) is 77.0 Å². The molecule has 9 heteroatoms. The van der Waals surface area contributed by atoms with E-state index in [1.54, 1.807) is 0 Å². The highest BCUT2D eigenvalue weighted by molar-refractivity contribution is 5.70.